The molecule has 1 aromatic heterocycles. The van der Waals surface area contributed by atoms with Crippen LogP contribution in [0.1, 0.15) is 49.8 Å². The zero-order chi connectivity index (χ0) is 24.2. The maximum atomic E-state index is 13.5. The number of anilines is 1. The molecule has 0 unspecified atom stereocenters. The van der Waals surface area contributed by atoms with Gasteiger partial charge >= 0.3 is 0 Å². The van der Waals surface area contributed by atoms with E-state index < -0.39 is 10.0 Å². The molecule has 0 saturated heterocycles. The van der Waals surface area contributed by atoms with Crippen LogP contribution in [0.3, 0.4) is 0 Å². The van der Waals surface area contributed by atoms with Gasteiger partial charge in [0.25, 0.3) is 0 Å². The van der Waals surface area contributed by atoms with Crippen LogP contribution in [0.4, 0.5) is 5.82 Å². The van der Waals surface area contributed by atoms with E-state index in [0.717, 1.165) is 41.4 Å². The highest BCUT2D eigenvalue weighted by Crippen LogP contribution is 2.60. The first-order valence-electron chi connectivity index (χ1n) is 12.7. The molecular formula is C26H34N4O4S. The number of nitrogens with zero attached hydrogens (tertiary/aromatic N) is 3. The van der Waals surface area contributed by atoms with Gasteiger partial charge in [0.05, 0.1) is 26.5 Å². The van der Waals surface area contributed by atoms with E-state index in [-0.39, 0.29) is 17.2 Å². The first-order valence-corrected chi connectivity index (χ1v) is 14.1. The molecule has 1 N–H and O–H groups in total. The van der Waals surface area contributed by atoms with Gasteiger partial charge in [-0.15, -0.1) is 0 Å². The fraction of sp³-hybridized carbons (Fsp3) is 0.615. The fourth-order valence-electron chi connectivity index (χ4n) is 7.59. The van der Waals surface area contributed by atoms with Gasteiger partial charge in [0.15, 0.2) is 0 Å². The highest BCUT2D eigenvalue weighted by Gasteiger charge is 2.50. The maximum Gasteiger partial charge on any atom is 0.247 e. The van der Waals surface area contributed by atoms with E-state index in [4.69, 9.17) is 9.47 Å². The lowest BCUT2D eigenvalue weighted by Gasteiger charge is -2.57. The predicted octanol–water partition coefficient (Wildman–Crippen LogP) is 3.87. The molecule has 1 aliphatic heterocycles. The van der Waals surface area contributed by atoms with Crippen LogP contribution in [0.2, 0.25) is 0 Å². The van der Waals surface area contributed by atoms with Gasteiger partial charge in [0, 0.05) is 24.7 Å². The third kappa shape index (κ3) is 4.06. The number of rotatable bonds is 7. The molecule has 0 radical (unpaired) electrons. The van der Waals surface area contributed by atoms with Crippen molar-refractivity contribution in [2.45, 2.75) is 56.4 Å². The fourth-order valence-corrected chi connectivity index (χ4v) is 9.13. The smallest absolute Gasteiger partial charge is 0.247 e. The van der Waals surface area contributed by atoms with E-state index in [1.807, 2.05) is 0 Å². The topological polar surface area (TPSA) is 93.7 Å². The standard InChI is InChI=1S/C26H34N4O4S/c1-33-20-3-4-24(23(10-20)34-2)35(31,32)30-6-5-21-22(14-30)28-16-29-25(21)27-15-26-11-17-7-18(12-26)9-19(8-17)13-26/h3-4,10,16-19H,5-9,11-15H2,1-2H3,(H,27,28,29). The Morgan fingerprint density at radius 3 is 2.43 bits per heavy atom. The SMILES string of the molecule is COc1ccc(S(=O)(=O)N2CCc3c(ncnc3NCC34CC5CC(CC(C5)C3)C4)C2)c(OC)c1. The van der Waals surface area contributed by atoms with Crippen molar-refractivity contribution in [3.8, 4) is 11.5 Å². The first-order chi connectivity index (χ1) is 16.9. The summed E-state index contributed by atoms with van der Waals surface area (Å²) in [5.74, 6) is 4.44. The molecule has 0 spiro atoms. The molecule has 4 bridgehead atoms. The van der Waals surface area contributed by atoms with Crippen molar-refractivity contribution in [3.05, 3.63) is 35.8 Å². The number of ether oxygens (including phenoxy) is 2. The summed E-state index contributed by atoms with van der Waals surface area (Å²) in [4.78, 5) is 9.19. The summed E-state index contributed by atoms with van der Waals surface area (Å²) in [7, 11) is -0.749. The lowest BCUT2D eigenvalue weighted by Crippen LogP contribution is -2.49. The number of benzene rings is 1. The minimum Gasteiger partial charge on any atom is -0.497 e. The molecule has 4 aliphatic carbocycles. The molecule has 4 fully saturated rings. The number of methoxy groups -OCH3 is 2. The second-order valence-electron chi connectivity index (χ2n) is 11.0. The average molecular weight is 499 g/mol. The molecular weight excluding hydrogens is 464 g/mol. The molecule has 2 aromatic rings. The molecule has 0 amide bonds. The maximum absolute atomic E-state index is 13.5. The van der Waals surface area contributed by atoms with Crippen molar-refractivity contribution in [2.24, 2.45) is 23.2 Å². The highest BCUT2D eigenvalue weighted by molar-refractivity contribution is 7.89. The summed E-state index contributed by atoms with van der Waals surface area (Å²) in [6.45, 7) is 1.57. The van der Waals surface area contributed by atoms with Gasteiger partial charge in [-0.3, -0.25) is 0 Å². The quantitative estimate of drug-likeness (QED) is 0.619. The van der Waals surface area contributed by atoms with Crippen LogP contribution in [0.5, 0.6) is 11.5 Å². The third-order valence-electron chi connectivity index (χ3n) is 8.76. The van der Waals surface area contributed by atoms with Crippen molar-refractivity contribution >= 4 is 15.8 Å². The number of hydrogen-bond donors (Lipinski definition) is 1. The van der Waals surface area contributed by atoms with E-state index in [9.17, 15) is 8.42 Å². The second-order valence-corrected chi connectivity index (χ2v) is 12.9. The number of nitrogens with one attached hydrogen (secondary N) is 1. The van der Waals surface area contributed by atoms with Gasteiger partial charge < -0.3 is 14.8 Å². The molecule has 2 heterocycles. The van der Waals surface area contributed by atoms with Gasteiger partial charge in [0.1, 0.15) is 28.5 Å². The molecule has 5 aliphatic rings. The van der Waals surface area contributed by atoms with E-state index >= 15 is 0 Å². The van der Waals surface area contributed by atoms with E-state index in [0.29, 0.717) is 24.1 Å². The Balaban J connectivity index is 1.20. The van der Waals surface area contributed by atoms with Crippen LogP contribution in [-0.4, -0.2) is 50.0 Å². The third-order valence-corrected chi connectivity index (χ3v) is 10.6. The number of aromatic nitrogens is 2. The van der Waals surface area contributed by atoms with Gasteiger partial charge in [-0.05, 0) is 80.2 Å². The van der Waals surface area contributed by atoms with Gasteiger partial charge in [0.2, 0.25) is 10.0 Å². The number of hydrogen-bond acceptors (Lipinski definition) is 7. The minimum atomic E-state index is -3.76. The van der Waals surface area contributed by atoms with E-state index in [1.54, 1.807) is 31.6 Å². The lowest BCUT2D eigenvalue weighted by molar-refractivity contribution is -0.0444. The highest BCUT2D eigenvalue weighted by atomic mass is 32.2. The van der Waals surface area contributed by atoms with Crippen molar-refractivity contribution in [2.75, 3.05) is 32.6 Å². The summed E-state index contributed by atoms with van der Waals surface area (Å²) in [6.07, 6.45) is 10.5. The van der Waals surface area contributed by atoms with Crippen molar-refractivity contribution in [3.63, 3.8) is 0 Å². The number of fused-ring (bicyclic) bond motifs is 1. The molecule has 7 rings (SSSR count). The summed E-state index contributed by atoms with van der Waals surface area (Å²) in [6, 6.07) is 4.78. The van der Waals surface area contributed by atoms with Gasteiger partial charge in [-0.2, -0.15) is 4.31 Å². The number of sulfonamides is 1. The molecule has 188 valence electrons. The van der Waals surface area contributed by atoms with E-state index in [2.05, 4.69) is 15.3 Å². The molecule has 0 atom stereocenters. The van der Waals surface area contributed by atoms with Crippen LogP contribution in [0, 0.1) is 23.2 Å². The van der Waals surface area contributed by atoms with Crippen LogP contribution in [0.25, 0.3) is 0 Å². The largest absolute Gasteiger partial charge is 0.497 e. The van der Waals surface area contributed by atoms with Crippen LogP contribution >= 0.6 is 0 Å². The average Bonchev–Trinajstić information content (AvgIpc) is 2.85. The van der Waals surface area contributed by atoms with Crippen molar-refractivity contribution in [1.29, 1.82) is 0 Å². The Morgan fingerprint density at radius 1 is 1.06 bits per heavy atom. The Bertz CT molecular complexity index is 1200. The van der Waals surface area contributed by atoms with E-state index in [1.165, 1.54) is 49.9 Å². The first kappa shape index (κ1) is 23.0. The zero-order valence-electron chi connectivity index (χ0n) is 20.5. The predicted molar refractivity (Wildman–Crippen MR) is 132 cm³/mol. The minimum absolute atomic E-state index is 0.137. The molecule has 4 saturated carbocycles. The normalized spacial score (nSPS) is 29.6. The molecule has 1 aromatic carbocycles. The summed E-state index contributed by atoms with van der Waals surface area (Å²) < 4.78 is 39.0. The van der Waals surface area contributed by atoms with Crippen molar-refractivity contribution < 1.29 is 17.9 Å². The Hall–Kier alpha value is -2.39. The Labute approximate surface area is 207 Å². The Kier molecular flexibility index (Phi) is 5.67. The second kappa shape index (κ2) is 8.62. The Morgan fingerprint density at radius 2 is 1.77 bits per heavy atom. The molecule has 35 heavy (non-hydrogen) atoms. The monoisotopic (exact) mass is 498 g/mol. The van der Waals surface area contributed by atoms with Gasteiger partial charge in [-0.1, -0.05) is 0 Å². The summed E-state index contributed by atoms with van der Waals surface area (Å²) >= 11 is 0. The van der Waals surface area contributed by atoms with Crippen LogP contribution in [0.15, 0.2) is 29.4 Å². The van der Waals surface area contributed by atoms with Crippen LogP contribution in [-0.2, 0) is 23.0 Å². The van der Waals surface area contributed by atoms with Crippen molar-refractivity contribution in [1.82, 2.24) is 14.3 Å². The zero-order valence-corrected chi connectivity index (χ0v) is 21.3. The molecule has 8 nitrogen and oxygen atoms in total. The molecule has 9 heteroatoms. The summed E-state index contributed by atoms with van der Waals surface area (Å²) in [5, 5.41) is 3.69. The summed E-state index contributed by atoms with van der Waals surface area (Å²) in [5.41, 5.74) is 2.22. The van der Waals surface area contributed by atoms with Gasteiger partial charge in [-0.25, -0.2) is 18.4 Å². The lowest BCUT2D eigenvalue weighted by atomic mass is 9.49. The van der Waals surface area contributed by atoms with Crippen LogP contribution < -0.4 is 14.8 Å².